The lowest BCUT2D eigenvalue weighted by Gasteiger charge is -2.51. The number of aromatic nitrogens is 2. The maximum Gasteiger partial charge on any atom is 0.319 e. The molecule has 3 atom stereocenters. The van der Waals surface area contributed by atoms with Gasteiger partial charge in [0.25, 0.3) is 0 Å². The van der Waals surface area contributed by atoms with E-state index in [0.717, 1.165) is 56.4 Å². The van der Waals surface area contributed by atoms with Crippen LogP contribution in [0.15, 0.2) is 18.2 Å². The van der Waals surface area contributed by atoms with Crippen molar-refractivity contribution < 1.29 is 22.7 Å². The Kier molecular flexibility index (Phi) is 7.51. The molecule has 2 aromatic carbocycles. The molecule has 2 saturated carbocycles. The minimum atomic E-state index is -0.942. The third kappa shape index (κ3) is 5.22. The van der Waals surface area contributed by atoms with Crippen LogP contribution in [0.2, 0.25) is 5.02 Å². The van der Waals surface area contributed by atoms with Crippen molar-refractivity contribution in [3.8, 4) is 23.2 Å². The van der Waals surface area contributed by atoms with Crippen LogP contribution in [-0.4, -0.2) is 83.3 Å². The predicted molar refractivity (Wildman–Crippen MR) is 198 cm³/mol. The Morgan fingerprint density at radius 3 is 2.70 bits per heavy atom. The van der Waals surface area contributed by atoms with Crippen LogP contribution in [0.25, 0.3) is 32.1 Å². The monoisotopic (exact) mass is 761 g/mol. The summed E-state index contributed by atoms with van der Waals surface area (Å²) in [5.74, 6) is -0.362. The summed E-state index contributed by atoms with van der Waals surface area (Å²) in [7, 11) is 0. The van der Waals surface area contributed by atoms with Gasteiger partial charge in [0.05, 0.1) is 20.8 Å². The van der Waals surface area contributed by atoms with Crippen molar-refractivity contribution in [2.45, 2.75) is 69.5 Å². The van der Waals surface area contributed by atoms with E-state index in [1.807, 2.05) is 4.90 Å². The highest BCUT2D eigenvalue weighted by atomic mass is 35.5. The number of carbonyl (C=O) groups excluding carboxylic acids is 1. The van der Waals surface area contributed by atoms with Gasteiger partial charge < -0.3 is 20.3 Å². The zero-order valence-corrected chi connectivity index (χ0v) is 30.8. The molecule has 0 bridgehead atoms. The van der Waals surface area contributed by atoms with Gasteiger partial charge in [0.1, 0.15) is 41.0 Å². The first-order valence-corrected chi connectivity index (χ1v) is 19.9. The Labute approximate surface area is 313 Å². The highest BCUT2D eigenvalue weighted by Crippen LogP contribution is 2.71. The molecular weight excluding hydrogens is 723 g/mol. The molecule has 6 fully saturated rings. The van der Waals surface area contributed by atoms with Gasteiger partial charge in [-0.25, -0.2) is 13.2 Å². The van der Waals surface area contributed by atoms with Crippen LogP contribution in [0.1, 0.15) is 63.4 Å². The first-order chi connectivity index (χ1) is 25.5. The number of nitriles is 1. The number of nitrogens with zero attached hydrogens (tertiary/aromatic N) is 6. The smallest absolute Gasteiger partial charge is 0.319 e. The molecule has 9 nitrogen and oxygen atoms in total. The van der Waals surface area contributed by atoms with E-state index in [1.165, 1.54) is 25.0 Å². The number of alkyl halides is 1. The van der Waals surface area contributed by atoms with Crippen LogP contribution in [0.4, 0.5) is 24.0 Å². The van der Waals surface area contributed by atoms with Gasteiger partial charge >= 0.3 is 6.01 Å². The third-order valence-electron chi connectivity index (χ3n) is 13.2. The van der Waals surface area contributed by atoms with Gasteiger partial charge in [0.15, 0.2) is 5.82 Å². The van der Waals surface area contributed by atoms with Crippen LogP contribution in [-0.2, 0) is 4.79 Å². The molecule has 1 unspecified atom stereocenters. The number of nitrogen functional groups attached to an aromatic ring is 1. The number of thiophene rings is 1. The van der Waals surface area contributed by atoms with Crippen LogP contribution < -0.4 is 15.4 Å². The van der Waals surface area contributed by atoms with E-state index >= 15 is 8.78 Å². The van der Waals surface area contributed by atoms with E-state index in [1.54, 1.807) is 6.07 Å². The number of ether oxygens (including phenoxy) is 1. The Hall–Kier alpha value is -3.86. The molecule has 10 rings (SSSR count). The number of nitrogens with two attached hydrogens (primary N) is 1. The summed E-state index contributed by atoms with van der Waals surface area (Å²) >= 11 is 7.90. The van der Waals surface area contributed by atoms with Crippen molar-refractivity contribution in [1.29, 1.82) is 5.26 Å². The summed E-state index contributed by atoms with van der Waals surface area (Å²) in [5.41, 5.74) is 6.08. The lowest BCUT2D eigenvalue weighted by Crippen LogP contribution is -2.62. The largest absolute Gasteiger partial charge is 0.461 e. The molecule has 6 heterocycles. The number of likely N-dealkylation sites (tertiary alicyclic amines) is 1. The van der Waals surface area contributed by atoms with Crippen molar-refractivity contribution in [2.24, 2.45) is 16.7 Å². The van der Waals surface area contributed by atoms with Gasteiger partial charge in [0, 0.05) is 66.8 Å². The van der Waals surface area contributed by atoms with E-state index in [-0.39, 0.29) is 72.2 Å². The molecule has 2 N–H and O–H groups in total. The average Bonchev–Trinajstić information content (AvgIpc) is 3.96. The fourth-order valence-corrected chi connectivity index (χ4v) is 11.5. The molecule has 14 heteroatoms. The zero-order valence-electron chi connectivity index (χ0n) is 29.2. The van der Waals surface area contributed by atoms with Crippen molar-refractivity contribution in [1.82, 2.24) is 19.8 Å². The number of anilines is 2. The Bertz CT molecular complexity index is 2270. The molecule has 2 aromatic heterocycles. The van der Waals surface area contributed by atoms with Gasteiger partial charge in [-0.2, -0.15) is 15.2 Å². The maximum atomic E-state index is 17.3. The van der Waals surface area contributed by atoms with E-state index in [9.17, 15) is 14.4 Å². The van der Waals surface area contributed by atoms with E-state index in [2.05, 4.69) is 20.9 Å². The van der Waals surface area contributed by atoms with Crippen molar-refractivity contribution in [2.75, 3.05) is 56.5 Å². The molecule has 2 aliphatic carbocycles. The minimum Gasteiger partial charge on any atom is -0.461 e. The quantitative estimate of drug-likeness (QED) is 0.216. The van der Waals surface area contributed by atoms with Gasteiger partial charge in [-0.1, -0.05) is 24.1 Å². The van der Waals surface area contributed by atoms with Gasteiger partial charge in [0.2, 0.25) is 5.91 Å². The van der Waals surface area contributed by atoms with Gasteiger partial charge in [-0.15, -0.1) is 11.3 Å². The summed E-state index contributed by atoms with van der Waals surface area (Å²) in [6.45, 7) is 3.99. The Balaban J connectivity index is 1.06. The normalized spacial score (nSPS) is 26.9. The highest BCUT2D eigenvalue weighted by molar-refractivity contribution is 7.23. The molecule has 4 saturated heterocycles. The van der Waals surface area contributed by atoms with Crippen molar-refractivity contribution in [3.05, 3.63) is 40.4 Å². The number of amides is 1. The average molecular weight is 762 g/mol. The molecule has 4 aliphatic heterocycles. The number of hydrogen-bond acceptors (Lipinski definition) is 9. The molecule has 276 valence electrons. The SMILES string of the molecule is N#Cc1c(N)sc2c(F)ccc(-c3c(Cl)cc4c(N5CCCCC6(CN(C(=O)C7CC78CC8)C6)C5)nc(OC[C@@]56CCCN5C[C@H](F)C6)nc4c3F)c12. The van der Waals surface area contributed by atoms with Gasteiger partial charge in [-0.05, 0) is 74.6 Å². The van der Waals surface area contributed by atoms with Crippen molar-refractivity contribution >= 4 is 60.7 Å². The predicted octanol–water partition coefficient (Wildman–Crippen LogP) is 7.47. The van der Waals surface area contributed by atoms with Crippen molar-refractivity contribution in [3.63, 3.8) is 0 Å². The minimum absolute atomic E-state index is 0.0166. The second-order valence-electron chi connectivity index (χ2n) is 16.6. The molecule has 2 spiro atoms. The molecule has 53 heavy (non-hydrogen) atoms. The topological polar surface area (TPSA) is 112 Å². The number of rotatable bonds is 6. The molecular formula is C39H39ClF3N7O2S. The van der Waals surface area contributed by atoms with E-state index < -0.39 is 23.3 Å². The summed E-state index contributed by atoms with van der Waals surface area (Å²) in [5, 5.41) is 10.7. The molecule has 4 aromatic rings. The number of benzene rings is 2. The lowest BCUT2D eigenvalue weighted by molar-refractivity contribution is -0.145. The Morgan fingerprint density at radius 1 is 1.09 bits per heavy atom. The summed E-state index contributed by atoms with van der Waals surface area (Å²) in [4.78, 5) is 29.2. The van der Waals surface area contributed by atoms with Crippen LogP contribution in [0.5, 0.6) is 6.01 Å². The number of fused-ring (bicyclic) bond motifs is 3. The van der Waals surface area contributed by atoms with E-state index in [4.69, 9.17) is 27.1 Å². The summed E-state index contributed by atoms with van der Waals surface area (Å²) < 4.78 is 53.4. The first-order valence-electron chi connectivity index (χ1n) is 18.7. The number of halogens is 4. The van der Waals surface area contributed by atoms with Gasteiger partial charge in [-0.3, -0.25) is 9.69 Å². The Morgan fingerprint density at radius 2 is 1.92 bits per heavy atom. The molecule has 0 radical (unpaired) electrons. The lowest BCUT2D eigenvalue weighted by atomic mass is 9.75. The van der Waals surface area contributed by atoms with Crippen LogP contribution >= 0.6 is 22.9 Å². The standard InChI is InChI=1S/C39H39ClF3N7O2S/c40-26-12-23-31(30(43)29(26)22-4-5-27(42)32-28(22)24(15-44)33(45)53-32)46-36(52-20-39-7-3-11-50(39)16-21(41)13-39)47-34(23)48-10-2-1-6-37(17-48)18-49(19-37)35(51)25-14-38(25)8-9-38/h4-5,12,21,25H,1-3,6-11,13-14,16-20,45H2/t21-,25?,39+/m1/s1. The maximum absolute atomic E-state index is 17.3. The van der Waals surface area contributed by atoms with E-state index in [0.29, 0.717) is 55.8 Å². The second kappa shape index (κ2) is 11.8. The summed E-state index contributed by atoms with van der Waals surface area (Å²) in [6.07, 6.45) is 7.37. The molecule has 6 aliphatic rings. The molecule has 1 amide bonds. The number of carbonyl (C=O) groups is 1. The number of hydrogen-bond donors (Lipinski definition) is 1. The first kappa shape index (κ1) is 33.7. The third-order valence-corrected chi connectivity index (χ3v) is 14.6. The van der Waals surface area contributed by atoms with Crippen LogP contribution in [0.3, 0.4) is 0 Å². The fourth-order valence-electron chi connectivity index (χ4n) is 10.2. The second-order valence-corrected chi connectivity index (χ2v) is 18.0. The summed E-state index contributed by atoms with van der Waals surface area (Å²) in [6, 6.07) is 6.31. The zero-order chi connectivity index (χ0) is 36.4. The van der Waals surface area contributed by atoms with Crippen LogP contribution in [0, 0.1) is 39.7 Å². The fraction of sp³-hybridized carbons (Fsp3) is 0.538. The highest BCUT2D eigenvalue weighted by Gasteiger charge is 2.67.